The van der Waals surface area contributed by atoms with Gasteiger partial charge in [-0.15, -0.1) is 20.4 Å². The Kier molecular flexibility index (Phi) is 5.96. The van der Waals surface area contributed by atoms with Crippen molar-refractivity contribution in [2.75, 3.05) is 0 Å². The summed E-state index contributed by atoms with van der Waals surface area (Å²) in [5.41, 5.74) is 3.20. The fraction of sp³-hybridized carbons (Fsp3) is 0.346. The first-order valence-corrected chi connectivity index (χ1v) is 12.8. The third kappa shape index (κ3) is 4.03. The minimum absolute atomic E-state index is 0.0463. The molecule has 2 aromatic carbocycles. The van der Waals surface area contributed by atoms with E-state index in [1.807, 2.05) is 35.6 Å². The number of aryl methyl sites for hydroxylation is 1. The number of hydrogen-bond donors (Lipinski definition) is 0. The summed E-state index contributed by atoms with van der Waals surface area (Å²) in [4.78, 5) is 12.9. The fourth-order valence-electron chi connectivity index (χ4n) is 4.34. The lowest BCUT2D eigenvalue weighted by Crippen LogP contribution is -2.22. The molecule has 180 valence electrons. The van der Waals surface area contributed by atoms with Crippen molar-refractivity contribution in [2.45, 2.75) is 64.0 Å². The van der Waals surface area contributed by atoms with Crippen molar-refractivity contribution in [3.63, 3.8) is 0 Å². The first-order chi connectivity index (χ1) is 16.8. The highest BCUT2D eigenvalue weighted by Gasteiger charge is 2.19. The molecule has 0 N–H and O–H groups in total. The monoisotopic (exact) mass is 487 g/mol. The van der Waals surface area contributed by atoms with E-state index in [4.69, 9.17) is 0 Å². The number of nitrogens with zero attached hydrogens (tertiary/aromatic N) is 7. The van der Waals surface area contributed by atoms with E-state index in [1.165, 1.54) is 5.56 Å². The van der Waals surface area contributed by atoms with Crippen molar-refractivity contribution in [3.8, 4) is 11.4 Å². The first kappa shape index (κ1) is 23.3. The topological polar surface area (TPSA) is 82.9 Å². The van der Waals surface area contributed by atoms with Gasteiger partial charge in [-0.3, -0.25) is 13.8 Å². The second kappa shape index (κ2) is 8.96. The van der Waals surface area contributed by atoms with Gasteiger partial charge in [0.15, 0.2) is 11.0 Å². The maximum Gasteiger partial charge on any atom is 0.262 e. The Bertz CT molecular complexity index is 1570. The Balaban J connectivity index is 1.49. The largest absolute Gasteiger partial charge is 0.302 e. The lowest BCUT2D eigenvalue weighted by molar-refractivity contribution is 0.590. The van der Waals surface area contributed by atoms with Gasteiger partial charge in [-0.05, 0) is 37.0 Å². The molecule has 5 aromatic rings. The molecular weight excluding hydrogens is 458 g/mol. The van der Waals surface area contributed by atoms with Crippen LogP contribution < -0.4 is 5.56 Å². The van der Waals surface area contributed by atoms with E-state index in [9.17, 15) is 4.79 Å². The van der Waals surface area contributed by atoms with Crippen LogP contribution in [0.5, 0.6) is 0 Å². The van der Waals surface area contributed by atoms with E-state index in [1.54, 1.807) is 16.3 Å². The quantitative estimate of drug-likeness (QED) is 0.316. The third-order valence-corrected chi connectivity index (χ3v) is 7.23. The van der Waals surface area contributed by atoms with Gasteiger partial charge in [0.25, 0.3) is 5.56 Å². The van der Waals surface area contributed by atoms with Crippen LogP contribution in [-0.2, 0) is 24.3 Å². The van der Waals surface area contributed by atoms with Crippen molar-refractivity contribution in [2.24, 2.45) is 0 Å². The zero-order chi connectivity index (χ0) is 24.7. The van der Waals surface area contributed by atoms with Gasteiger partial charge in [0.2, 0.25) is 5.78 Å². The van der Waals surface area contributed by atoms with E-state index in [2.05, 4.69) is 76.9 Å². The molecule has 0 saturated carbocycles. The second-order valence-electron chi connectivity index (χ2n) is 9.48. The zero-order valence-corrected chi connectivity index (χ0v) is 21.5. The van der Waals surface area contributed by atoms with E-state index >= 15 is 0 Å². The molecule has 9 heteroatoms. The average Bonchev–Trinajstić information content (AvgIpc) is 3.46. The molecule has 0 aliphatic carbocycles. The molecule has 0 aliphatic heterocycles. The Hall–Kier alpha value is -3.46. The lowest BCUT2D eigenvalue weighted by atomic mass is 9.87. The van der Waals surface area contributed by atoms with Gasteiger partial charge in [0.05, 0.1) is 16.7 Å². The average molecular weight is 488 g/mol. The number of rotatable bonds is 6. The van der Waals surface area contributed by atoms with Gasteiger partial charge in [-0.1, -0.05) is 68.9 Å². The molecular formula is C26H29N7OS. The highest BCUT2D eigenvalue weighted by atomic mass is 32.2. The van der Waals surface area contributed by atoms with Crippen LogP contribution in [0.4, 0.5) is 0 Å². The smallest absolute Gasteiger partial charge is 0.262 e. The molecule has 0 radical (unpaired) electrons. The Morgan fingerprint density at radius 2 is 1.57 bits per heavy atom. The van der Waals surface area contributed by atoms with Crippen LogP contribution in [-0.4, -0.2) is 33.9 Å². The van der Waals surface area contributed by atoms with Crippen LogP contribution in [0.1, 0.15) is 46.0 Å². The number of benzene rings is 2. The zero-order valence-electron chi connectivity index (χ0n) is 20.7. The Morgan fingerprint density at radius 3 is 2.26 bits per heavy atom. The fourth-order valence-corrected chi connectivity index (χ4v) is 5.25. The molecule has 0 unspecified atom stereocenters. The summed E-state index contributed by atoms with van der Waals surface area (Å²) in [6.45, 7) is 12.0. The summed E-state index contributed by atoms with van der Waals surface area (Å²) in [5.74, 6) is 2.73. The van der Waals surface area contributed by atoms with E-state index < -0.39 is 0 Å². The summed E-state index contributed by atoms with van der Waals surface area (Å²) in [6, 6.07) is 16.2. The molecule has 3 aromatic heterocycles. The minimum Gasteiger partial charge on any atom is -0.302 e. The molecule has 8 nitrogen and oxygen atoms in total. The highest BCUT2D eigenvalue weighted by Crippen LogP contribution is 2.29. The maximum absolute atomic E-state index is 12.9. The molecule has 0 fully saturated rings. The molecule has 5 rings (SSSR count). The van der Waals surface area contributed by atoms with Crippen molar-refractivity contribution >= 4 is 28.4 Å². The van der Waals surface area contributed by atoms with Crippen molar-refractivity contribution in [1.29, 1.82) is 0 Å². The predicted molar refractivity (Wildman–Crippen MR) is 140 cm³/mol. The standard InChI is InChI=1S/C26H29N7OS/c1-6-31-22(17-12-14-18(15-13-17)26(3,4)5)28-30-25(31)35-16-21-27-29-24-32(7-2)23(34)19-10-8-9-11-20(19)33(21)24/h8-15H,6-7,16H2,1-5H3. The van der Waals surface area contributed by atoms with E-state index in [0.29, 0.717) is 23.5 Å². The summed E-state index contributed by atoms with van der Waals surface area (Å²) < 4.78 is 5.77. The first-order valence-electron chi connectivity index (χ1n) is 11.9. The minimum atomic E-state index is -0.0463. The number of hydrogen-bond acceptors (Lipinski definition) is 6. The van der Waals surface area contributed by atoms with Crippen LogP contribution in [0, 0.1) is 0 Å². The van der Waals surface area contributed by atoms with Gasteiger partial charge in [-0.2, -0.15) is 0 Å². The van der Waals surface area contributed by atoms with Crippen molar-refractivity contribution in [3.05, 3.63) is 70.3 Å². The summed E-state index contributed by atoms with van der Waals surface area (Å²) in [7, 11) is 0. The maximum atomic E-state index is 12.9. The Morgan fingerprint density at radius 1 is 0.857 bits per heavy atom. The van der Waals surface area contributed by atoms with Crippen molar-refractivity contribution < 1.29 is 0 Å². The van der Waals surface area contributed by atoms with E-state index in [-0.39, 0.29) is 11.0 Å². The molecule has 0 saturated heterocycles. The highest BCUT2D eigenvalue weighted by molar-refractivity contribution is 7.98. The molecule has 0 atom stereocenters. The predicted octanol–water partition coefficient (Wildman–Crippen LogP) is 4.93. The van der Waals surface area contributed by atoms with Crippen LogP contribution in [0.25, 0.3) is 28.1 Å². The van der Waals surface area contributed by atoms with Crippen LogP contribution >= 0.6 is 11.8 Å². The number of fused-ring (bicyclic) bond motifs is 3. The Labute approximate surface area is 208 Å². The molecule has 0 bridgehead atoms. The van der Waals surface area contributed by atoms with Crippen LogP contribution in [0.3, 0.4) is 0 Å². The SMILES string of the molecule is CCn1c(SCc2nnc3n(CC)c(=O)c4ccccc4n23)nnc1-c1ccc(C(C)(C)C)cc1. The third-order valence-electron chi connectivity index (χ3n) is 6.26. The lowest BCUT2D eigenvalue weighted by Gasteiger charge is -2.19. The molecule has 0 aliphatic rings. The van der Waals surface area contributed by atoms with Gasteiger partial charge in [-0.25, -0.2) is 0 Å². The molecule has 0 amide bonds. The molecule has 35 heavy (non-hydrogen) atoms. The summed E-state index contributed by atoms with van der Waals surface area (Å²) in [5, 5.41) is 19.3. The normalized spacial score (nSPS) is 12.1. The van der Waals surface area contributed by atoms with Crippen LogP contribution in [0.15, 0.2) is 58.5 Å². The number of aromatic nitrogens is 7. The summed E-state index contributed by atoms with van der Waals surface area (Å²) in [6.07, 6.45) is 0. The van der Waals surface area contributed by atoms with Gasteiger partial charge >= 0.3 is 0 Å². The van der Waals surface area contributed by atoms with Crippen LogP contribution in [0.2, 0.25) is 0 Å². The number of thioether (sulfide) groups is 1. The van der Waals surface area contributed by atoms with Gasteiger partial charge in [0.1, 0.15) is 5.82 Å². The van der Waals surface area contributed by atoms with Gasteiger partial charge < -0.3 is 4.57 Å². The summed E-state index contributed by atoms with van der Waals surface area (Å²) >= 11 is 1.57. The van der Waals surface area contributed by atoms with E-state index in [0.717, 1.165) is 34.4 Å². The number of para-hydroxylation sites is 1. The molecule has 0 spiro atoms. The molecule has 3 heterocycles. The second-order valence-corrected chi connectivity index (χ2v) is 10.4. The van der Waals surface area contributed by atoms with Crippen molar-refractivity contribution in [1.82, 2.24) is 33.9 Å². The van der Waals surface area contributed by atoms with Gasteiger partial charge in [0, 0.05) is 18.7 Å².